The van der Waals surface area contributed by atoms with Crippen LogP contribution in [0.1, 0.15) is 28.9 Å². The Morgan fingerprint density at radius 1 is 1.13 bits per heavy atom. The molecule has 3 rings (SSSR count). The molecule has 170 valence electrons. The zero-order chi connectivity index (χ0) is 21.9. The monoisotopic (exact) mass is 549 g/mol. The maximum Gasteiger partial charge on any atom is 0.416 e. The first kappa shape index (κ1) is 25.4. The van der Waals surface area contributed by atoms with Crippen LogP contribution in [0.25, 0.3) is 0 Å². The van der Waals surface area contributed by atoms with Gasteiger partial charge < -0.3 is 15.0 Å². The molecule has 1 saturated heterocycles. The highest BCUT2D eigenvalue weighted by Gasteiger charge is 2.34. The van der Waals surface area contributed by atoms with Gasteiger partial charge in [-0.3, -0.25) is 9.69 Å². The number of piperazine rings is 1. The van der Waals surface area contributed by atoms with E-state index in [0.717, 1.165) is 35.8 Å². The SMILES string of the molecule is C.COc1ccc(C(=O)Nc2ccc(CN3CCN(C)CC3)c(C(F)(F)F)c2)cc1I. The van der Waals surface area contributed by atoms with Gasteiger partial charge in [0.25, 0.3) is 5.91 Å². The first-order valence-corrected chi connectivity index (χ1v) is 10.5. The Labute approximate surface area is 194 Å². The molecule has 9 heteroatoms. The Morgan fingerprint density at radius 3 is 2.39 bits per heavy atom. The fraction of sp³-hybridized carbons (Fsp3) is 0.409. The number of anilines is 1. The molecule has 0 atom stereocenters. The van der Waals surface area contributed by atoms with Gasteiger partial charge in [-0.15, -0.1) is 0 Å². The number of halogens is 4. The van der Waals surface area contributed by atoms with Crippen LogP contribution in [0.5, 0.6) is 5.75 Å². The van der Waals surface area contributed by atoms with Gasteiger partial charge in [-0.1, -0.05) is 13.5 Å². The van der Waals surface area contributed by atoms with Crippen molar-refractivity contribution < 1.29 is 22.7 Å². The van der Waals surface area contributed by atoms with Crippen molar-refractivity contribution in [2.45, 2.75) is 20.1 Å². The maximum atomic E-state index is 13.7. The number of alkyl halides is 3. The molecular formula is C22H27F3IN3O2. The van der Waals surface area contributed by atoms with Gasteiger partial charge >= 0.3 is 6.18 Å². The highest BCUT2D eigenvalue weighted by Crippen LogP contribution is 2.35. The van der Waals surface area contributed by atoms with Crippen LogP contribution in [0.4, 0.5) is 18.9 Å². The Morgan fingerprint density at radius 2 is 1.81 bits per heavy atom. The van der Waals surface area contributed by atoms with Crippen LogP contribution in [0, 0.1) is 3.57 Å². The van der Waals surface area contributed by atoms with E-state index in [2.05, 4.69) is 10.2 Å². The van der Waals surface area contributed by atoms with E-state index in [-0.39, 0.29) is 25.2 Å². The summed E-state index contributed by atoms with van der Waals surface area (Å²) in [5.41, 5.74) is -0.0527. The second kappa shape index (κ2) is 10.6. The molecule has 1 fully saturated rings. The van der Waals surface area contributed by atoms with E-state index in [4.69, 9.17) is 4.74 Å². The minimum absolute atomic E-state index is 0. The van der Waals surface area contributed by atoms with Crippen LogP contribution >= 0.6 is 22.6 Å². The predicted molar refractivity (Wildman–Crippen MR) is 125 cm³/mol. The highest BCUT2D eigenvalue weighted by molar-refractivity contribution is 14.1. The minimum atomic E-state index is -4.50. The molecule has 1 N–H and O–H groups in total. The molecule has 0 unspecified atom stereocenters. The molecule has 31 heavy (non-hydrogen) atoms. The lowest BCUT2D eigenvalue weighted by Gasteiger charge is -2.33. The van der Waals surface area contributed by atoms with E-state index >= 15 is 0 Å². The molecule has 1 aliphatic rings. The van der Waals surface area contributed by atoms with Crippen molar-refractivity contribution in [3.63, 3.8) is 0 Å². The third kappa shape index (κ3) is 6.56. The number of carbonyl (C=O) groups is 1. The number of amides is 1. The maximum absolute atomic E-state index is 13.7. The zero-order valence-corrected chi connectivity index (χ0v) is 18.9. The van der Waals surface area contributed by atoms with Gasteiger partial charge in [0.1, 0.15) is 5.75 Å². The van der Waals surface area contributed by atoms with Gasteiger partial charge in [0.05, 0.1) is 16.2 Å². The number of likely N-dealkylation sites (N-methyl/N-ethyl adjacent to an activating group) is 1. The molecule has 0 saturated carbocycles. The van der Waals surface area contributed by atoms with Gasteiger partial charge in [0.15, 0.2) is 0 Å². The Balaban J connectivity index is 0.00000341. The van der Waals surface area contributed by atoms with Crippen LogP contribution in [0.2, 0.25) is 0 Å². The lowest BCUT2D eigenvalue weighted by Crippen LogP contribution is -2.44. The number of benzene rings is 2. The highest BCUT2D eigenvalue weighted by atomic mass is 127. The molecule has 2 aromatic rings. The van der Waals surface area contributed by atoms with E-state index in [1.807, 2.05) is 34.5 Å². The number of methoxy groups -OCH3 is 1. The summed E-state index contributed by atoms with van der Waals surface area (Å²) in [6.45, 7) is 3.34. The summed E-state index contributed by atoms with van der Waals surface area (Å²) in [7, 11) is 3.53. The van der Waals surface area contributed by atoms with E-state index in [1.165, 1.54) is 19.2 Å². The van der Waals surface area contributed by atoms with E-state index in [9.17, 15) is 18.0 Å². The molecule has 0 spiro atoms. The molecule has 1 amide bonds. The third-order valence-electron chi connectivity index (χ3n) is 5.08. The normalized spacial score (nSPS) is 15.3. The Bertz CT molecular complexity index is 913. The van der Waals surface area contributed by atoms with Crippen molar-refractivity contribution in [3.05, 3.63) is 56.7 Å². The van der Waals surface area contributed by atoms with Gasteiger partial charge in [-0.25, -0.2) is 0 Å². The second-order valence-corrected chi connectivity index (χ2v) is 8.41. The summed E-state index contributed by atoms with van der Waals surface area (Å²) >= 11 is 2.04. The van der Waals surface area contributed by atoms with Gasteiger partial charge in [0, 0.05) is 44.0 Å². The minimum Gasteiger partial charge on any atom is -0.496 e. The van der Waals surface area contributed by atoms with Crippen molar-refractivity contribution in [2.75, 3.05) is 45.7 Å². The quantitative estimate of drug-likeness (QED) is 0.537. The number of hydrogen-bond acceptors (Lipinski definition) is 4. The van der Waals surface area contributed by atoms with Crippen molar-refractivity contribution in [3.8, 4) is 5.75 Å². The summed E-state index contributed by atoms with van der Waals surface area (Å²) in [5, 5.41) is 2.57. The summed E-state index contributed by atoms with van der Waals surface area (Å²) in [4.78, 5) is 16.7. The van der Waals surface area contributed by atoms with Crippen LogP contribution in [0.3, 0.4) is 0 Å². The standard InChI is InChI=1S/C21H23F3IN3O2.CH4/c1-27-7-9-28(10-8-27)13-15-3-5-16(12-17(15)21(22,23)24)26-20(29)14-4-6-19(30-2)18(25)11-14;/h3-6,11-12H,7-10,13H2,1-2H3,(H,26,29);1H4. The molecule has 0 aromatic heterocycles. The molecule has 0 radical (unpaired) electrons. The fourth-order valence-electron chi connectivity index (χ4n) is 3.31. The number of hydrogen-bond donors (Lipinski definition) is 1. The summed E-state index contributed by atoms with van der Waals surface area (Å²) in [6, 6.07) is 8.83. The molecule has 0 aliphatic carbocycles. The summed E-state index contributed by atoms with van der Waals surface area (Å²) in [5.74, 6) is 0.148. The lowest BCUT2D eigenvalue weighted by molar-refractivity contribution is -0.138. The smallest absolute Gasteiger partial charge is 0.416 e. The van der Waals surface area contributed by atoms with Crippen molar-refractivity contribution >= 4 is 34.2 Å². The van der Waals surface area contributed by atoms with Crippen LogP contribution in [-0.2, 0) is 12.7 Å². The topological polar surface area (TPSA) is 44.8 Å². The third-order valence-corrected chi connectivity index (χ3v) is 5.92. The van der Waals surface area contributed by atoms with E-state index in [1.54, 1.807) is 18.2 Å². The van der Waals surface area contributed by atoms with Crippen molar-refractivity contribution in [1.29, 1.82) is 0 Å². The average Bonchev–Trinajstić information content (AvgIpc) is 2.70. The van der Waals surface area contributed by atoms with E-state index in [0.29, 0.717) is 11.3 Å². The largest absolute Gasteiger partial charge is 0.496 e. The van der Waals surface area contributed by atoms with Gasteiger partial charge in [-0.2, -0.15) is 13.2 Å². The molecule has 5 nitrogen and oxygen atoms in total. The van der Waals surface area contributed by atoms with Crippen molar-refractivity contribution in [2.24, 2.45) is 0 Å². The number of ether oxygens (including phenoxy) is 1. The fourth-order valence-corrected chi connectivity index (χ4v) is 4.05. The average molecular weight is 549 g/mol. The second-order valence-electron chi connectivity index (χ2n) is 7.25. The first-order chi connectivity index (χ1) is 14.2. The Kier molecular flexibility index (Phi) is 8.73. The number of carbonyl (C=O) groups excluding carboxylic acids is 1. The molecule has 2 aromatic carbocycles. The van der Waals surface area contributed by atoms with Gasteiger partial charge in [-0.05, 0) is 65.5 Å². The number of nitrogens with one attached hydrogen (secondary N) is 1. The molecule has 0 bridgehead atoms. The summed E-state index contributed by atoms with van der Waals surface area (Å²) < 4.78 is 47.0. The molecule has 1 heterocycles. The number of nitrogens with zero attached hydrogens (tertiary/aromatic N) is 2. The zero-order valence-electron chi connectivity index (χ0n) is 16.7. The van der Waals surface area contributed by atoms with E-state index < -0.39 is 17.6 Å². The van der Waals surface area contributed by atoms with Crippen molar-refractivity contribution in [1.82, 2.24) is 9.80 Å². The van der Waals surface area contributed by atoms with Crippen LogP contribution < -0.4 is 10.1 Å². The molecule has 1 aliphatic heterocycles. The Hall–Kier alpha value is -1.85. The van der Waals surface area contributed by atoms with Gasteiger partial charge in [0.2, 0.25) is 0 Å². The first-order valence-electron chi connectivity index (χ1n) is 9.43. The number of rotatable bonds is 5. The van der Waals surface area contributed by atoms with Crippen LogP contribution in [0.15, 0.2) is 36.4 Å². The lowest BCUT2D eigenvalue weighted by atomic mass is 10.0. The predicted octanol–water partition coefficient (Wildman–Crippen LogP) is 4.95. The van der Waals surface area contributed by atoms with Crippen LogP contribution in [-0.4, -0.2) is 56.0 Å². The summed E-state index contributed by atoms with van der Waals surface area (Å²) in [6.07, 6.45) is -4.50. The molecular weight excluding hydrogens is 522 g/mol.